The number of rotatable bonds is 7. The number of benzene rings is 1. The SMILES string of the molecule is COCc1cc(OC)c(-c2csc3c(NC(=O)O)c(OC)nn23)c(OC)c1. The van der Waals surface area contributed by atoms with Gasteiger partial charge in [0.2, 0.25) is 0 Å². The second-order valence-electron chi connectivity index (χ2n) is 5.46. The van der Waals surface area contributed by atoms with E-state index in [9.17, 15) is 4.79 Å². The molecule has 0 saturated heterocycles. The van der Waals surface area contributed by atoms with E-state index >= 15 is 0 Å². The second kappa shape index (κ2) is 7.72. The molecule has 0 spiro atoms. The molecule has 1 aromatic carbocycles. The molecular formula is C17H19N3O6S. The third-order valence-corrected chi connectivity index (χ3v) is 4.82. The highest BCUT2D eigenvalue weighted by atomic mass is 32.1. The Bertz CT molecular complexity index is 956. The smallest absolute Gasteiger partial charge is 0.409 e. The zero-order valence-corrected chi connectivity index (χ0v) is 16.0. The Hall–Kier alpha value is -2.98. The average Bonchev–Trinajstić information content (AvgIpc) is 3.20. The molecule has 10 heteroatoms. The number of nitrogens with zero attached hydrogens (tertiary/aromatic N) is 2. The molecule has 2 aromatic heterocycles. The third-order valence-electron chi connectivity index (χ3n) is 3.88. The van der Waals surface area contributed by atoms with E-state index in [1.54, 1.807) is 25.8 Å². The second-order valence-corrected chi connectivity index (χ2v) is 6.32. The van der Waals surface area contributed by atoms with Crippen LogP contribution in [0.4, 0.5) is 10.5 Å². The summed E-state index contributed by atoms with van der Waals surface area (Å²) in [6, 6.07) is 3.73. The van der Waals surface area contributed by atoms with Gasteiger partial charge in [0, 0.05) is 12.5 Å². The number of nitrogens with one attached hydrogen (secondary N) is 1. The normalized spacial score (nSPS) is 10.8. The zero-order chi connectivity index (χ0) is 19.6. The molecule has 144 valence electrons. The lowest BCUT2D eigenvalue weighted by molar-refractivity contribution is 0.184. The van der Waals surface area contributed by atoms with Gasteiger partial charge in [0.1, 0.15) is 22.0 Å². The van der Waals surface area contributed by atoms with Gasteiger partial charge in [0.05, 0.1) is 39.2 Å². The Morgan fingerprint density at radius 3 is 2.37 bits per heavy atom. The van der Waals surface area contributed by atoms with Crippen LogP contribution in [-0.2, 0) is 11.3 Å². The maximum absolute atomic E-state index is 11.1. The van der Waals surface area contributed by atoms with Crippen LogP contribution in [0.2, 0.25) is 0 Å². The molecular weight excluding hydrogens is 374 g/mol. The molecule has 3 aromatic rings. The number of hydrogen-bond acceptors (Lipinski definition) is 7. The van der Waals surface area contributed by atoms with E-state index in [4.69, 9.17) is 24.1 Å². The standard InChI is InChI=1S/C17H19N3O6S/c1-23-7-9-5-11(24-2)13(12(6-9)25-3)10-8-27-16-14(18-17(21)22)15(26-4)19-20(10)16/h5-6,8,18H,7H2,1-4H3,(H,21,22). The van der Waals surface area contributed by atoms with Crippen molar-refractivity contribution in [1.82, 2.24) is 9.61 Å². The van der Waals surface area contributed by atoms with Crippen molar-refractivity contribution in [1.29, 1.82) is 0 Å². The Morgan fingerprint density at radius 1 is 1.19 bits per heavy atom. The fourth-order valence-corrected chi connectivity index (χ4v) is 3.74. The van der Waals surface area contributed by atoms with Crippen molar-refractivity contribution in [3.63, 3.8) is 0 Å². The molecule has 0 atom stereocenters. The quantitative estimate of drug-likeness (QED) is 0.634. The topological polar surface area (TPSA) is 104 Å². The number of amides is 1. The molecule has 27 heavy (non-hydrogen) atoms. The minimum absolute atomic E-state index is 0.180. The Balaban J connectivity index is 2.23. The van der Waals surface area contributed by atoms with Crippen LogP contribution < -0.4 is 19.5 Å². The van der Waals surface area contributed by atoms with E-state index < -0.39 is 6.09 Å². The monoisotopic (exact) mass is 393 g/mol. The van der Waals surface area contributed by atoms with Crippen LogP contribution >= 0.6 is 11.3 Å². The Morgan fingerprint density at radius 2 is 1.85 bits per heavy atom. The van der Waals surface area contributed by atoms with E-state index in [-0.39, 0.29) is 11.6 Å². The summed E-state index contributed by atoms with van der Waals surface area (Å²) in [5.74, 6) is 1.35. The molecule has 0 fully saturated rings. The largest absolute Gasteiger partial charge is 0.496 e. The lowest BCUT2D eigenvalue weighted by Gasteiger charge is -2.14. The van der Waals surface area contributed by atoms with Gasteiger partial charge in [-0.1, -0.05) is 0 Å². The molecule has 0 radical (unpaired) electrons. The molecule has 9 nitrogen and oxygen atoms in total. The van der Waals surface area contributed by atoms with E-state index in [0.29, 0.717) is 34.2 Å². The van der Waals surface area contributed by atoms with Gasteiger partial charge < -0.3 is 24.1 Å². The molecule has 0 aliphatic carbocycles. The first-order valence-electron chi connectivity index (χ1n) is 7.82. The Labute approximate surface area is 159 Å². The number of carboxylic acid groups (broad SMARTS) is 1. The number of anilines is 1. The number of aromatic nitrogens is 2. The predicted octanol–water partition coefficient (Wildman–Crippen LogP) is 3.32. The summed E-state index contributed by atoms with van der Waals surface area (Å²) < 4.78 is 23.1. The van der Waals surface area contributed by atoms with Crippen molar-refractivity contribution in [3.05, 3.63) is 23.1 Å². The van der Waals surface area contributed by atoms with Crippen molar-refractivity contribution in [2.45, 2.75) is 6.61 Å². The summed E-state index contributed by atoms with van der Waals surface area (Å²) in [6.07, 6.45) is -1.20. The van der Waals surface area contributed by atoms with Crippen molar-refractivity contribution in [2.75, 3.05) is 33.8 Å². The molecule has 0 aliphatic heterocycles. The van der Waals surface area contributed by atoms with E-state index in [1.807, 2.05) is 17.5 Å². The van der Waals surface area contributed by atoms with Crippen LogP contribution in [0.3, 0.4) is 0 Å². The van der Waals surface area contributed by atoms with E-state index in [1.165, 1.54) is 18.4 Å². The number of hydrogen-bond donors (Lipinski definition) is 2. The first-order chi connectivity index (χ1) is 13.0. The highest BCUT2D eigenvalue weighted by Gasteiger charge is 2.24. The molecule has 3 rings (SSSR count). The molecule has 0 unspecified atom stereocenters. The Kier molecular flexibility index (Phi) is 5.38. The number of methoxy groups -OCH3 is 4. The van der Waals surface area contributed by atoms with Crippen molar-refractivity contribution < 1.29 is 28.8 Å². The maximum Gasteiger partial charge on any atom is 0.409 e. The minimum atomic E-state index is -1.20. The van der Waals surface area contributed by atoms with Crippen LogP contribution in [0, 0.1) is 0 Å². The third kappa shape index (κ3) is 3.36. The highest BCUT2D eigenvalue weighted by Crippen LogP contribution is 2.44. The number of thiazole rings is 1. The molecule has 0 saturated carbocycles. The van der Waals surface area contributed by atoms with E-state index in [2.05, 4.69) is 10.4 Å². The fraction of sp³-hybridized carbons (Fsp3) is 0.294. The van der Waals surface area contributed by atoms with Gasteiger partial charge in [-0.2, -0.15) is 0 Å². The van der Waals surface area contributed by atoms with Gasteiger partial charge in [-0.3, -0.25) is 5.32 Å². The van der Waals surface area contributed by atoms with Gasteiger partial charge >= 0.3 is 6.09 Å². The lowest BCUT2D eigenvalue weighted by Crippen LogP contribution is -2.07. The zero-order valence-electron chi connectivity index (χ0n) is 15.2. The maximum atomic E-state index is 11.1. The van der Waals surface area contributed by atoms with Crippen LogP contribution in [0.5, 0.6) is 17.4 Å². The summed E-state index contributed by atoms with van der Waals surface area (Å²) in [4.78, 5) is 11.7. The van der Waals surface area contributed by atoms with Gasteiger partial charge in [-0.05, 0) is 17.7 Å². The first kappa shape index (κ1) is 18.8. The van der Waals surface area contributed by atoms with Gasteiger partial charge in [0.25, 0.3) is 5.88 Å². The molecule has 0 bridgehead atoms. The summed E-state index contributed by atoms with van der Waals surface area (Å²) in [6.45, 7) is 0.411. The first-order valence-corrected chi connectivity index (χ1v) is 8.70. The van der Waals surface area contributed by atoms with Crippen LogP contribution in [0.1, 0.15) is 5.56 Å². The van der Waals surface area contributed by atoms with Crippen molar-refractivity contribution in [2.24, 2.45) is 0 Å². The molecule has 2 N–H and O–H groups in total. The van der Waals surface area contributed by atoms with Crippen molar-refractivity contribution in [3.8, 4) is 28.6 Å². The minimum Gasteiger partial charge on any atom is -0.496 e. The number of fused-ring (bicyclic) bond motifs is 1. The summed E-state index contributed by atoms with van der Waals surface area (Å²) in [7, 11) is 6.18. The van der Waals surface area contributed by atoms with Crippen LogP contribution in [0.25, 0.3) is 16.1 Å². The number of carbonyl (C=O) groups is 1. The predicted molar refractivity (Wildman–Crippen MR) is 101 cm³/mol. The van der Waals surface area contributed by atoms with Gasteiger partial charge in [-0.25, -0.2) is 9.31 Å². The average molecular weight is 393 g/mol. The van der Waals surface area contributed by atoms with Gasteiger partial charge in [-0.15, -0.1) is 16.4 Å². The number of ether oxygens (including phenoxy) is 4. The lowest BCUT2D eigenvalue weighted by atomic mass is 10.1. The van der Waals surface area contributed by atoms with Crippen molar-refractivity contribution >= 4 is 27.9 Å². The molecule has 2 heterocycles. The summed E-state index contributed by atoms with van der Waals surface area (Å²) in [5, 5.41) is 17.6. The van der Waals surface area contributed by atoms with Crippen LogP contribution in [-0.4, -0.2) is 49.3 Å². The summed E-state index contributed by atoms with van der Waals surface area (Å²) in [5.41, 5.74) is 2.56. The summed E-state index contributed by atoms with van der Waals surface area (Å²) >= 11 is 1.33. The van der Waals surface area contributed by atoms with Crippen LogP contribution in [0.15, 0.2) is 17.5 Å². The molecule has 0 aliphatic rings. The van der Waals surface area contributed by atoms with Gasteiger partial charge in [0.15, 0.2) is 0 Å². The van der Waals surface area contributed by atoms with E-state index in [0.717, 1.165) is 5.56 Å². The highest BCUT2D eigenvalue weighted by molar-refractivity contribution is 7.16. The molecule has 1 amide bonds. The fourth-order valence-electron chi connectivity index (χ4n) is 2.81.